The first-order valence-corrected chi connectivity index (χ1v) is 7.27. The number of nitrogen functional groups attached to an aromatic ring is 1. The Morgan fingerprint density at radius 1 is 1.47 bits per heavy atom. The molecular formula is C14H16N4S. The van der Waals surface area contributed by atoms with E-state index >= 15 is 0 Å². The van der Waals surface area contributed by atoms with Crippen molar-refractivity contribution >= 4 is 22.9 Å². The van der Waals surface area contributed by atoms with E-state index < -0.39 is 0 Å². The largest absolute Gasteiger partial charge is 0.382 e. The summed E-state index contributed by atoms with van der Waals surface area (Å²) in [4.78, 5) is 6.58. The molecule has 0 spiro atoms. The quantitative estimate of drug-likeness (QED) is 0.649. The van der Waals surface area contributed by atoms with Crippen molar-refractivity contribution in [2.75, 3.05) is 4.90 Å². The summed E-state index contributed by atoms with van der Waals surface area (Å²) >= 11 is 1.71. The SMILES string of the molecule is N=C(N)c1ncccc1N(Cc1ccsc1)C1CC1. The Labute approximate surface area is 116 Å². The number of pyridine rings is 1. The molecule has 98 valence electrons. The maximum Gasteiger partial charge on any atom is 0.143 e. The number of nitrogens with two attached hydrogens (primary N) is 1. The maximum atomic E-state index is 7.67. The van der Waals surface area contributed by atoms with E-state index in [1.807, 2.05) is 12.1 Å². The van der Waals surface area contributed by atoms with Crippen LogP contribution in [0.4, 0.5) is 5.69 Å². The third-order valence-corrected chi connectivity index (χ3v) is 4.00. The van der Waals surface area contributed by atoms with E-state index in [1.54, 1.807) is 17.5 Å². The van der Waals surface area contributed by atoms with Gasteiger partial charge in [-0.3, -0.25) is 10.4 Å². The van der Waals surface area contributed by atoms with Gasteiger partial charge in [0.2, 0.25) is 0 Å². The van der Waals surface area contributed by atoms with Crippen LogP contribution in [0.25, 0.3) is 0 Å². The van der Waals surface area contributed by atoms with Crippen LogP contribution >= 0.6 is 11.3 Å². The van der Waals surface area contributed by atoms with Crippen LogP contribution in [-0.2, 0) is 6.54 Å². The zero-order valence-corrected chi connectivity index (χ0v) is 11.4. The Morgan fingerprint density at radius 3 is 2.95 bits per heavy atom. The second kappa shape index (κ2) is 5.01. The standard InChI is InChI=1S/C14H16N4S/c15-14(16)13-12(2-1-6-17-13)18(11-3-4-11)8-10-5-7-19-9-10/h1-2,5-7,9,11H,3-4,8H2,(H3,15,16). The fraction of sp³-hybridized carbons (Fsp3) is 0.286. The summed E-state index contributed by atoms with van der Waals surface area (Å²) in [5.74, 6) is 0.0339. The summed E-state index contributed by atoms with van der Waals surface area (Å²) < 4.78 is 0. The predicted octanol–water partition coefficient (Wildman–Crippen LogP) is 2.60. The second-order valence-corrected chi connectivity index (χ2v) is 5.56. The van der Waals surface area contributed by atoms with Crippen molar-refractivity contribution in [2.45, 2.75) is 25.4 Å². The highest BCUT2D eigenvalue weighted by molar-refractivity contribution is 7.07. The molecule has 0 atom stereocenters. The van der Waals surface area contributed by atoms with Crippen molar-refractivity contribution < 1.29 is 0 Å². The molecule has 1 saturated carbocycles. The zero-order valence-electron chi connectivity index (χ0n) is 10.5. The summed E-state index contributed by atoms with van der Waals surface area (Å²) in [7, 11) is 0. The molecule has 5 heteroatoms. The molecule has 1 aliphatic rings. The summed E-state index contributed by atoms with van der Waals surface area (Å²) in [5.41, 5.74) is 8.51. The van der Waals surface area contributed by atoms with Crippen molar-refractivity contribution in [1.29, 1.82) is 5.41 Å². The van der Waals surface area contributed by atoms with Crippen LogP contribution in [0.15, 0.2) is 35.2 Å². The molecule has 0 saturated heterocycles. The molecule has 0 bridgehead atoms. The number of amidine groups is 1. The topological polar surface area (TPSA) is 66.0 Å². The number of aromatic nitrogens is 1. The number of hydrogen-bond donors (Lipinski definition) is 2. The highest BCUT2D eigenvalue weighted by Gasteiger charge is 2.31. The van der Waals surface area contributed by atoms with E-state index in [2.05, 4.69) is 26.7 Å². The smallest absolute Gasteiger partial charge is 0.143 e. The van der Waals surface area contributed by atoms with Gasteiger partial charge in [-0.05, 0) is 47.4 Å². The Bertz CT molecular complexity index is 575. The number of nitrogens with zero attached hydrogens (tertiary/aromatic N) is 2. The van der Waals surface area contributed by atoms with Gasteiger partial charge in [0.25, 0.3) is 0 Å². The van der Waals surface area contributed by atoms with Crippen LogP contribution in [0.2, 0.25) is 0 Å². The lowest BCUT2D eigenvalue weighted by Gasteiger charge is -2.25. The van der Waals surface area contributed by atoms with Gasteiger partial charge in [-0.15, -0.1) is 0 Å². The van der Waals surface area contributed by atoms with Crippen LogP contribution in [0.5, 0.6) is 0 Å². The predicted molar refractivity (Wildman–Crippen MR) is 78.8 cm³/mol. The highest BCUT2D eigenvalue weighted by Crippen LogP contribution is 2.34. The van der Waals surface area contributed by atoms with E-state index in [0.717, 1.165) is 12.2 Å². The lowest BCUT2D eigenvalue weighted by molar-refractivity contribution is 0.792. The first-order valence-electron chi connectivity index (χ1n) is 6.33. The van der Waals surface area contributed by atoms with E-state index in [9.17, 15) is 0 Å². The zero-order chi connectivity index (χ0) is 13.2. The van der Waals surface area contributed by atoms with Gasteiger partial charge in [-0.25, -0.2) is 0 Å². The van der Waals surface area contributed by atoms with Gasteiger partial charge >= 0.3 is 0 Å². The molecule has 19 heavy (non-hydrogen) atoms. The van der Waals surface area contributed by atoms with Gasteiger partial charge in [0.15, 0.2) is 0 Å². The molecule has 0 unspecified atom stereocenters. The third-order valence-electron chi connectivity index (χ3n) is 3.27. The third kappa shape index (κ3) is 2.61. The van der Waals surface area contributed by atoms with Crippen LogP contribution in [0, 0.1) is 5.41 Å². The number of nitrogens with one attached hydrogen (secondary N) is 1. The number of rotatable bonds is 5. The lowest BCUT2D eigenvalue weighted by Crippen LogP contribution is -2.28. The molecule has 2 heterocycles. The molecule has 0 radical (unpaired) electrons. The average Bonchev–Trinajstić information content (AvgIpc) is 3.13. The van der Waals surface area contributed by atoms with Crippen LogP contribution < -0.4 is 10.6 Å². The number of hydrogen-bond acceptors (Lipinski definition) is 4. The molecule has 4 nitrogen and oxygen atoms in total. The van der Waals surface area contributed by atoms with Gasteiger partial charge in [-0.1, -0.05) is 0 Å². The highest BCUT2D eigenvalue weighted by atomic mass is 32.1. The molecule has 2 aromatic rings. The fourth-order valence-corrected chi connectivity index (χ4v) is 2.87. The van der Waals surface area contributed by atoms with Crippen molar-refractivity contribution in [1.82, 2.24) is 4.98 Å². The Balaban J connectivity index is 1.94. The van der Waals surface area contributed by atoms with Crippen molar-refractivity contribution in [3.05, 3.63) is 46.4 Å². The van der Waals surface area contributed by atoms with Crippen molar-refractivity contribution in [3.63, 3.8) is 0 Å². The Kier molecular flexibility index (Phi) is 3.21. The van der Waals surface area contributed by atoms with Crippen molar-refractivity contribution in [3.8, 4) is 0 Å². The fourth-order valence-electron chi connectivity index (χ4n) is 2.21. The molecular weight excluding hydrogens is 256 g/mol. The van der Waals surface area contributed by atoms with Crippen molar-refractivity contribution in [2.24, 2.45) is 5.73 Å². The van der Waals surface area contributed by atoms with E-state index in [4.69, 9.17) is 11.1 Å². The summed E-state index contributed by atoms with van der Waals surface area (Å²) in [6.45, 7) is 0.861. The van der Waals surface area contributed by atoms with E-state index in [-0.39, 0.29) is 5.84 Å². The first-order chi connectivity index (χ1) is 9.25. The van der Waals surface area contributed by atoms with Crippen LogP contribution in [0.3, 0.4) is 0 Å². The normalized spacial score (nSPS) is 14.3. The summed E-state index contributed by atoms with van der Waals surface area (Å²) in [6, 6.07) is 6.62. The van der Waals surface area contributed by atoms with Gasteiger partial charge in [-0.2, -0.15) is 11.3 Å². The lowest BCUT2D eigenvalue weighted by atomic mass is 10.2. The molecule has 1 fully saturated rings. The molecule has 0 aromatic carbocycles. The number of anilines is 1. The monoisotopic (exact) mass is 272 g/mol. The summed E-state index contributed by atoms with van der Waals surface area (Å²) in [6.07, 6.45) is 4.10. The molecule has 3 N–H and O–H groups in total. The molecule has 2 aromatic heterocycles. The minimum Gasteiger partial charge on any atom is -0.382 e. The maximum absolute atomic E-state index is 7.67. The van der Waals surface area contributed by atoms with Gasteiger partial charge < -0.3 is 10.6 Å². The Morgan fingerprint density at radius 2 is 2.32 bits per heavy atom. The van der Waals surface area contributed by atoms with Gasteiger partial charge in [0.1, 0.15) is 11.5 Å². The van der Waals surface area contributed by atoms with Crippen LogP contribution in [-0.4, -0.2) is 16.9 Å². The minimum atomic E-state index is 0.0339. The van der Waals surface area contributed by atoms with E-state index in [1.165, 1.54) is 18.4 Å². The minimum absolute atomic E-state index is 0.0339. The van der Waals surface area contributed by atoms with Gasteiger partial charge in [0.05, 0.1) is 5.69 Å². The second-order valence-electron chi connectivity index (χ2n) is 4.78. The number of thiophene rings is 1. The Hall–Kier alpha value is -1.88. The molecule has 0 aliphatic heterocycles. The molecule has 1 aliphatic carbocycles. The molecule has 0 amide bonds. The first kappa shape index (κ1) is 12.2. The molecule has 3 rings (SSSR count). The van der Waals surface area contributed by atoms with Crippen LogP contribution in [0.1, 0.15) is 24.1 Å². The van der Waals surface area contributed by atoms with Gasteiger partial charge in [0, 0.05) is 18.8 Å². The summed E-state index contributed by atoms with van der Waals surface area (Å²) in [5, 5.41) is 11.9. The average molecular weight is 272 g/mol. The van der Waals surface area contributed by atoms with E-state index in [0.29, 0.717) is 11.7 Å².